The predicted octanol–water partition coefficient (Wildman–Crippen LogP) is 2.53. The van der Waals surface area contributed by atoms with Gasteiger partial charge < -0.3 is 19.9 Å². The number of nitrogens with one attached hydrogen (secondary N) is 1. The van der Waals surface area contributed by atoms with Crippen LogP contribution in [0.2, 0.25) is 0 Å². The molecule has 2 aromatic rings. The van der Waals surface area contributed by atoms with Crippen molar-refractivity contribution < 1.29 is 29.0 Å². The lowest BCUT2D eigenvalue weighted by Gasteiger charge is -2.13. The van der Waals surface area contributed by atoms with Gasteiger partial charge in [-0.15, -0.1) is 0 Å². The lowest BCUT2D eigenvalue weighted by atomic mass is 10.1. The molecule has 7 heteroatoms. The SMILES string of the molecule is CC(=O)N[C@@H](Cc1ccc(OC(=O)OCc2ccccc2)cc1)C(=O)O. The van der Waals surface area contributed by atoms with Crippen molar-refractivity contribution >= 4 is 18.0 Å². The number of carbonyl (C=O) groups excluding carboxylic acids is 2. The van der Waals surface area contributed by atoms with E-state index in [4.69, 9.17) is 14.6 Å². The monoisotopic (exact) mass is 357 g/mol. The van der Waals surface area contributed by atoms with Crippen molar-refractivity contribution in [1.82, 2.24) is 5.32 Å². The predicted molar refractivity (Wildman–Crippen MR) is 92.6 cm³/mol. The van der Waals surface area contributed by atoms with E-state index in [1.54, 1.807) is 12.1 Å². The topological polar surface area (TPSA) is 102 Å². The minimum absolute atomic E-state index is 0.106. The van der Waals surface area contributed by atoms with Gasteiger partial charge in [0.05, 0.1) is 0 Å². The fraction of sp³-hybridized carbons (Fsp3) is 0.211. The zero-order valence-electron chi connectivity index (χ0n) is 14.2. The minimum atomic E-state index is -1.12. The summed E-state index contributed by atoms with van der Waals surface area (Å²) >= 11 is 0. The van der Waals surface area contributed by atoms with Gasteiger partial charge in [-0.05, 0) is 23.3 Å². The first-order valence-corrected chi connectivity index (χ1v) is 7.91. The number of rotatable bonds is 7. The summed E-state index contributed by atoms with van der Waals surface area (Å²) in [5.41, 5.74) is 1.52. The van der Waals surface area contributed by atoms with Gasteiger partial charge in [-0.1, -0.05) is 42.5 Å². The van der Waals surface area contributed by atoms with Gasteiger partial charge in [0.15, 0.2) is 0 Å². The van der Waals surface area contributed by atoms with E-state index in [0.717, 1.165) is 5.56 Å². The van der Waals surface area contributed by atoms with Gasteiger partial charge in [0.2, 0.25) is 5.91 Å². The Kier molecular flexibility index (Phi) is 6.73. The van der Waals surface area contributed by atoms with Crippen molar-refractivity contribution in [3.8, 4) is 5.75 Å². The summed E-state index contributed by atoms with van der Waals surface area (Å²) in [5.74, 6) is -1.26. The van der Waals surface area contributed by atoms with E-state index in [1.807, 2.05) is 30.3 Å². The fourth-order valence-electron chi connectivity index (χ4n) is 2.22. The third-order valence-electron chi connectivity index (χ3n) is 3.44. The van der Waals surface area contributed by atoms with Crippen LogP contribution in [0, 0.1) is 0 Å². The number of carboxylic acid groups (broad SMARTS) is 1. The van der Waals surface area contributed by atoms with E-state index in [1.165, 1.54) is 19.1 Å². The summed E-state index contributed by atoms with van der Waals surface area (Å²) in [6, 6.07) is 14.5. The maximum atomic E-state index is 11.7. The molecule has 0 aromatic heterocycles. The molecule has 0 aliphatic carbocycles. The summed E-state index contributed by atoms with van der Waals surface area (Å²) in [6.45, 7) is 1.36. The first kappa shape index (κ1) is 19.0. The maximum absolute atomic E-state index is 11.7. The Morgan fingerprint density at radius 3 is 2.23 bits per heavy atom. The van der Waals surface area contributed by atoms with Gasteiger partial charge in [-0.3, -0.25) is 4.79 Å². The van der Waals surface area contributed by atoms with Crippen molar-refractivity contribution in [2.45, 2.75) is 26.0 Å². The Balaban J connectivity index is 1.87. The van der Waals surface area contributed by atoms with Crippen molar-refractivity contribution in [2.24, 2.45) is 0 Å². The highest BCUT2D eigenvalue weighted by atomic mass is 16.7. The van der Waals surface area contributed by atoms with Crippen LogP contribution in [0.15, 0.2) is 54.6 Å². The highest BCUT2D eigenvalue weighted by molar-refractivity contribution is 5.82. The van der Waals surface area contributed by atoms with Gasteiger partial charge in [0.25, 0.3) is 0 Å². The average Bonchev–Trinajstić information content (AvgIpc) is 2.61. The quantitative estimate of drug-likeness (QED) is 0.583. The van der Waals surface area contributed by atoms with Gasteiger partial charge in [0, 0.05) is 13.3 Å². The lowest BCUT2D eigenvalue weighted by molar-refractivity contribution is -0.141. The van der Waals surface area contributed by atoms with Crippen LogP contribution < -0.4 is 10.1 Å². The van der Waals surface area contributed by atoms with Gasteiger partial charge in [-0.2, -0.15) is 0 Å². The zero-order valence-corrected chi connectivity index (χ0v) is 14.2. The molecule has 2 aromatic carbocycles. The molecule has 1 amide bonds. The van der Waals surface area contributed by atoms with Crippen LogP contribution in [0.25, 0.3) is 0 Å². The second kappa shape index (κ2) is 9.22. The number of aliphatic carboxylic acids is 1. The number of hydrogen-bond acceptors (Lipinski definition) is 5. The van der Waals surface area contributed by atoms with E-state index in [0.29, 0.717) is 5.56 Å². The number of ether oxygens (including phenoxy) is 2. The summed E-state index contributed by atoms with van der Waals surface area (Å²) in [5, 5.41) is 11.5. The number of amides is 1. The molecular formula is C19H19NO6. The van der Waals surface area contributed by atoms with Gasteiger partial charge >= 0.3 is 12.1 Å². The van der Waals surface area contributed by atoms with Crippen molar-refractivity contribution in [2.75, 3.05) is 0 Å². The summed E-state index contributed by atoms with van der Waals surface area (Å²) in [6.07, 6.45) is -0.712. The van der Waals surface area contributed by atoms with Crippen LogP contribution in [-0.2, 0) is 27.4 Å². The molecule has 2 N–H and O–H groups in total. The normalized spacial score (nSPS) is 11.3. The first-order valence-electron chi connectivity index (χ1n) is 7.91. The molecule has 0 bridgehead atoms. The maximum Gasteiger partial charge on any atom is 0.514 e. The first-order chi connectivity index (χ1) is 12.4. The molecule has 2 rings (SSSR count). The molecule has 0 aliphatic rings. The van der Waals surface area contributed by atoms with Crippen LogP contribution in [0.1, 0.15) is 18.1 Å². The molecule has 7 nitrogen and oxygen atoms in total. The van der Waals surface area contributed by atoms with Crippen LogP contribution in [0.3, 0.4) is 0 Å². The average molecular weight is 357 g/mol. The molecule has 0 heterocycles. The van der Waals surface area contributed by atoms with E-state index in [2.05, 4.69) is 5.32 Å². The molecule has 0 fully saturated rings. The zero-order chi connectivity index (χ0) is 18.9. The summed E-state index contributed by atoms with van der Waals surface area (Å²) in [4.78, 5) is 33.9. The number of carboxylic acids is 1. The Labute approximate surface area is 150 Å². The molecule has 0 unspecified atom stereocenters. The highest BCUT2D eigenvalue weighted by Gasteiger charge is 2.18. The van der Waals surface area contributed by atoms with E-state index in [-0.39, 0.29) is 18.8 Å². The third-order valence-corrected chi connectivity index (χ3v) is 3.44. The lowest BCUT2D eigenvalue weighted by Crippen LogP contribution is -2.41. The largest absolute Gasteiger partial charge is 0.514 e. The second-order valence-corrected chi connectivity index (χ2v) is 5.57. The standard InChI is InChI=1S/C19H19NO6/c1-13(21)20-17(18(22)23)11-14-7-9-16(10-8-14)26-19(24)25-12-15-5-3-2-4-6-15/h2-10,17H,11-12H2,1H3,(H,20,21)(H,22,23)/t17-/m0/s1. The van der Waals surface area contributed by atoms with Crippen molar-refractivity contribution in [3.05, 3.63) is 65.7 Å². The van der Waals surface area contributed by atoms with Crippen LogP contribution in [0.5, 0.6) is 5.75 Å². The smallest absolute Gasteiger partial charge is 0.480 e. The Bertz CT molecular complexity index is 757. The van der Waals surface area contributed by atoms with Crippen molar-refractivity contribution in [3.63, 3.8) is 0 Å². The summed E-state index contributed by atoms with van der Waals surface area (Å²) < 4.78 is 10.1. The molecule has 0 spiro atoms. The van der Waals surface area contributed by atoms with E-state index >= 15 is 0 Å². The number of carbonyl (C=O) groups is 3. The van der Waals surface area contributed by atoms with Crippen molar-refractivity contribution in [1.29, 1.82) is 0 Å². The molecule has 0 radical (unpaired) electrons. The van der Waals surface area contributed by atoms with E-state index in [9.17, 15) is 14.4 Å². The Hall–Kier alpha value is -3.35. The number of benzene rings is 2. The molecule has 0 saturated carbocycles. The molecule has 1 atom stereocenters. The molecule has 0 aliphatic heterocycles. The highest BCUT2D eigenvalue weighted by Crippen LogP contribution is 2.15. The van der Waals surface area contributed by atoms with Gasteiger partial charge in [0.1, 0.15) is 18.4 Å². The van der Waals surface area contributed by atoms with Gasteiger partial charge in [-0.25, -0.2) is 9.59 Å². The van der Waals surface area contributed by atoms with E-state index < -0.39 is 24.1 Å². The summed E-state index contributed by atoms with van der Waals surface area (Å²) in [7, 11) is 0. The molecular weight excluding hydrogens is 338 g/mol. The minimum Gasteiger partial charge on any atom is -0.480 e. The molecule has 136 valence electrons. The molecule has 26 heavy (non-hydrogen) atoms. The third kappa shape index (κ3) is 6.27. The van der Waals surface area contributed by atoms with Crippen LogP contribution >= 0.6 is 0 Å². The fourth-order valence-corrected chi connectivity index (χ4v) is 2.22. The molecule has 0 saturated heterocycles. The Morgan fingerprint density at radius 1 is 1.00 bits per heavy atom. The Morgan fingerprint density at radius 2 is 1.65 bits per heavy atom. The second-order valence-electron chi connectivity index (χ2n) is 5.57. The van der Waals surface area contributed by atoms with Crippen LogP contribution in [0.4, 0.5) is 4.79 Å². The number of hydrogen-bond donors (Lipinski definition) is 2. The van der Waals surface area contributed by atoms with Crippen LogP contribution in [-0.4, -0.2) is 29.2 Å².